The molecule has 9 heteroatoms. The summed E-state index contributed by atoms with van der Waals surface area (Å²) in [6.07, 6.45) is 1.49. The number of hydrogen-bond acceptors (Lipinski definition) is 7. The van der Waals surface area contributed by atoms with E-state index in [4.69, 9.17) is 32.5 Å². The maximum absolute atomic E-state index is 7.47. The molecule has 7 atom stereocenters. The first-order valence-electron chi connectivity index (χ1n) is 17.1. The average Bonchev–Trinajstić information content (AvgIpc) is 3.63. The lowest BCUT2D eigenvalue weighted by atomic mass is 9.79. The molecule has 1 aromatic carbocycles. The molecule has 46 heavy (non-hydrogen) atoms. The van der Waals surface area contributed by atoms with Gasteiger partial charge in [0.2, 0.25) is 0 Å². The van der Waals surface area contributed by atoms with E-state index in [1.165, 1.54) is 0 Å². The van der Waals surface area contributed by atoms with Gasteiger partial charge in [-0.05, 0) is 74.7 Å². The summed E-state index contributed by atoms with van der Waals surface area (Å²) in [7, 11) is -2.68. The van der Waals surface area contributed by atoms with Gasteiger partial charge in [-0.15, -0.1) is 6.58 Å². The Morgan fingerprint density at radius 3 is 2.04 bits per heavy atom. The lowest BCUT2D eigenvalue weighted by Crippen LogP contribution is -2.59. The Morgan fingerprint density at radius 2 is 1.52 bits per heavy atom. The highest BCUT2D eigenvalue weighted by Gasteiger charge is 2.65. The van der Waals surface area contributed by atoms with Gasteiger partial charge in [-0.3, -0.25) is 0 Å². The molecule has 264 valence electrons. The van der Waals surface area contributed by atoms with E-state index in [0.29, 0.717) is 26.4 Å². The third-order valence-corrected chi connectivity index (χ3v) is 20.0. The Labute approximate surface area is 283 Å². The van der Waals surface area contributed by atoms with Crippen LogP contribution in [0.25, 0.3) is 0 Å². The fourth-order valence-corrected chi connectivity index (χ4v) is 8.21. The number of hydrogen-bond donors (Lipinski definition) is 0. The van der Waals surface area contributed by atoms with E-state index >= 15 is 0 Å². The highest BCUT2D eigenvalue weighted by Crippen LogP contribution is 2.52. The molecule has 0 unspecified atom stereocenters. The molecule has 2 heterocycles. The Bertz CT molecular complexity index is 1140. The van der Waals surface area contributed by atoms with Crippen LogP contribution >= 0.6 is 0 Å². The smallest absolute Gasteiger partial charge is 0.192 e. The average molecular weight is 679 g/mol. The molecule has 0 aliphatic carbocycles. The molecule has 1 aromatic rings. The maximum atomic E-state index is 7.47. The second-order valence-electron chi connectivity index (χ2n) is 17.3. The van der Waals surface area contributed by atoms with E-state index in [2.05, 4.69) is 88.2 Å². The topological polar surface area (TPSA) is 67.9 Å². The summed E-state index contributed by atoms with van der Waals surface area (Å²) in [6.45, 7) is 37.8. The van der Waals surface area contributed by atoms with Crippen molar-refractivity contribution < 1.29 is 32.5 Å². The van der Waals surface area contributed by atoms with Crippen molar-refractivity contribution in [2.24, 2.45) is 17.8 Å². The van der Waals surface area contributed by atoms with Crippen LogP contribution in [-0.4, -0.2) is 73.3 Å². The van der Waals surface area contributed by atoms with Crippen molar-refractivity contribution in [3.05, 3.63) is 42.5 Å². The molecule has 0 spiro atoms. The van der Waals surface area contributed by atoms with Gasteiger partial charge in [0, 0.05) is 24.4 Å². The zero-order valence-electron chi connectivity index (χ0n) is 31.7. The molecule has 3 rings (SSSR count). The van der Waals surface area contributed by atoms with E-state index in [9.17, 15) is 0 Å². The zero-order chi connectivity index (χ0) is 34.9. The van der Waals surface area contributed by atoms with Gasteiger partial charge in [-0.2, -0.15) is 0 Å². The first kappa shape index (κ1) is 39.4. The third-order valence-electron chi connectivity index (χ3n) is 11.0. The van der Waals surface area contributed by atoms with Crippen molar-refractivity contribution >= 4 is 16.6 Å². The molecule has 7 nitrogen and oxygen atoms in total. The van der Waals surface area contributed by atoms with E-state index in [0.717, 1.165) is 11.3 Å². The maximum Gasteiger partial charge on any atom is 0.192 e. The van der Waals surface area contributed by atoms with Crippen LogP contribution in [0.3, 0.4) is 0 Å². The van der Waals surface area contributed by atoms with Crippen molar-refractivity contribution in [2.45, 2.75) is 142 Å². The summed E-state index contributed by atoms with van der Waals surface area (Å²) in [5, 5.41) is 0.0802. The summed E-state index contributed by atoms with van der Waals surface area (Å²) < 4.78 is 45.7. The van der Waals surface area contributed by atoms with Crippen LogP contribution in [0.15, 0.2) is 36.9 Å². The molecule has 0 bridgehead atoms. The van der Waals surface area contributed by atoms with Crippen LogP contribution in [0.5, 0.6) is 5.75 Å². The first-order valence-corrected chi connectivity index (χ1v) is 22.9. The number of methoxy groups -OCH3 is 1. The van der Waals surface area contributed by atoms with Crippen LogP contribution < -0.4 is 4.74 Å². The van der Waals surface area contributed by atoms with E-state index in [-0.39, 0.29) is 46.1 Å². The second-order valence-corrected chi connectivity index (χ2v) is 26.9. The van der Waals surface area contributed by atoms with Crippen LogP contribution in [-0.2, 0) is 34.4 Å². The van der Waals surface area contributed by atoms with E-state index in [1.807, 2.05) is 44.2 Å². The highest BCUT2D eigenvalue weighted by molar-refractivity contribution is 6.74. The Hall–Kier alpha value is -1.05. The number of epoxide rings is 1. The highest BCUT2D eigenvalue weighted by atomic mass is 28.4. The first-order chi connectivity index (χ1) is 21.0. The minimum Gasteiger partial charge on any atom is -0.497 e. The number of ether oxygens (including phenoxy) is 5. The lowest BCUT2D eigenvalue weighted by molar-refractivity contribution is -0.303. The molecule has 0 saturated carbocycles. The van der Waals surface area contributed by atoms with Gasteiger partial charge in [0.15, 0.2) is 22.4 Å². The predicted molar refractivity (Wildman–Crippen MR) is 192 cm³/mol. The molecule has 2 aliphatic rings. The summed E-state index contributed by atoms with van der Waals surface area (Å²) in [6, 6.07) is 8.02. The van der Waals surface area contributed by atoms with Crippen LogP contribution in [0.1, 0.15) is 74.8 Å². The Morgan fingerprint density at radius 1 is 0.935 bits per heavy atom. The largest absolute Gasteiger partial charge is 0.497 e. The fourth-order valence-electron chi connectivity index (χ4n) is 5.77. The normalized spacial score (nSPS) is 27.5. The van der Waals surface area contributed by atoms with Crippen LogP contribution in [0, 0.1) is 17.8 Å². The van der Waals surface area contributed by atoms with Gasteiger partial charge in [0.25, 0.3) is 0 Å². The van der Waals surface area contributed by atoms with Gasteiger partial charge in [0.05, 0.1) is 45.2 Å². The van der Waals surface area contributed by atoms with Gasteiger partial charge >= 0.3 is 0 Å². The molecule has 0 aromatic heterocycles. The second kappa shape index (κ2) is 14.4. The Balaban J connectivity index is 1.95. The van der Waals surface area contributed by atoms with Gasteiger partial charge < -0.3 is 32.5 Å². The predicted octanol–water partition coefficient (Wildman–Crippen LogP) is 8.99. The minimum atomic E-state index is -2.26. The molecule has 2 saturated heterocycles. The third kappa shape index (κ3) is 9.34. The monoisotopic (exact) mass is 678 g/mol. The van der Waals surface area contributed by atoms with Crippen LogP contribution in [0.2, 0.25) is 36.3 Å². The fraction of sp³-hybridized carbons (Fsp3) is 0.784. The summed E-state index contributed by atoms with van der Waals surface area (Å²) in [5.41, 5.74) is 0.585. The van der Waals surface area contributed by atoms with Crippen molar-refractivity contribution in [3.63, 3.8) is 0 Å². The quantitative estimate of drug-likeness (QED) is 0.104. The summed E-state index contributed by atoms with van der Waals surface area (Å²) >= 11 is 0. The summed E-state index contributed by atoms with van der Waals surface area (Å²) in [5.74, 6) is 0.177. The van der Waals surface area contributed by atoms with Crippen LogP contribution in [0.4, 0.5) is 0 Å². The zero-order valence-corrected chi connectivity index (χ0v) is 33.7. The summed E-state index contributed by atoms with van der Waals surface area (Å²) in [4.78, 5) is 0. The van der Waals surface area contributed by atoms with E-state index < -0.39 is 28.0 Å². The van der Waals surface area contributed by atoms with Crippen molar-refractivity contribution in [3.8, 4) is 5.75 Å². The van der Waals surface area contributed by atoms with Gasteiger partial charge in [0.1, 0.15) is 11.4 Å². The molecular formula is C37H66O7Si2. The van der Waals surface area contributed by atoms with E-state index in [1.54, 1.807) is 7.11 Å². The lowest BCUT2D eigenvalue weighted by Gasteiger charge is -2.49. The molecular weight excluding hydrogens is 613 g/mol. The number of benzene rings is 1. The van der Waals surface area contributed by atoms with Crippen molar-refractivity contribution in [1.29, 1.82) is 0 Å². The molecule has 2 aliphatic heterocycles. The molecule has 0 N–H and O–H groups in total. The molecule has 2 fully saturated rings. The van der Waals surface area contributed by atoms with Crippen molar-refractivity contribution in [2.75, 3.05) is 26.9 Å². The van der Waals surface area contributed by atoms with Crippen molar-refractivity contribution in [1.82, 2.24) is 0 Å². The Kier molecular flexibility index (Phi) is 12.4. The van der Waals surface area contributed by atoms with Gasteiger partial charge in [-0.25, -0.2) is 0 Å². The van der Waals surface area contributed by atoms with Gasteiger partial charge in [-0.1, -0.05) is 66.7 Å². The molecule has 0 amide bonds. The minimum absolute atomic E-state index is 0.00221. The SMILES string of the molecule is C=C[C@@H]1COC(C)(C)O[C@H]1[C@H](CO[Si](C)(C)C(C)(C)C)[C@H](O[Si](C)(C)C(C)(C)C)[C@@]1(C)O[C@@H]1[C@@H](C)COCc1ccc(OC)cc1. The standard InChI is InChI=1S/C37H66O7Si2/c1-17-28-24-40-36(9,10)42-31(28)30(25-41-45(13,14)34(3,4)5)33(44-46(15,16)35(6,7)8)37(11)32(43-37)26(2)22-39-23-27-18-20-29(38-12)21-19-27/h17-21,26,28,30-33H,1,22-25H2,2-16H3/t26-,28+,30-,31+,32+,33-,37-/m0/s1. The number of rotatable bonds is 15. The molecule has 0 radical (unpaired) electrons.